The summed E-state index contributed by atoms with van der Waals surface area (Å²) in [6.07, 6.45) is 1.78. The highest BCUT2D eigenvalue weighted by atomic mass is 16.5. The van der Waals surface area contributed by atoms with Crippen LogP contribution in [0.2, 0.25) is 0 Å². The van der Waals surface area contributed by atoms with E-state index >= 15 is 0 Å². The third-order valence-electron chi connectivity index (χ3n) is 5.58. The molecule has 0 aliphatic heterocycles. The molecule has 0 saturated carbocycles. The zero-order valence-corrected chi connectivity index (χ0v) is 19.0. The number of carbonyl (C=O) groups is 2. The molecule has 0 bridgehead atoms. The topological polar surface area (TPSA) is 83.8 Å². The second-order valence-corrected chi connectivity index (χ2v) is 7.57. The average Bonchev–Trinajstić information content (AvgIpc) is 3.33. The van der Waals surface area contributed by atoms with Gasteiger partial charge in [0.2, 0.25) is 5.91 Å². The minimum Gasteiger partial charge on any atom is -0.468 e. The molecular formula is C24H35N3O4. The molecule has 1 heterocycles. The molecule has 0 spiro atoms. The molecule has 2 rings (SSSR count). The lowest BCUT2D eigenvalue weighted by atomic mass is 9.98. The van der Waals surface area contributed by atoms with Crippen molar-refractivity contribution in [1.82, 2.24) is 15.5 Å². The Hall–Kier alpha value is -2.80. The van der Waals surface area contributed by atoms with Gasteiger partial charge in [0.1, 0.15) is 18.4 Å². The predicted molar refractivity (Wildman–Crippen MR) is 120 cm³/mol. The standard InChI is InChI=1S/C24H35N3O4/c1-5-18(4)22(26-24(29)31-17-19-12-9-8-10-13-19)23(28)25-16-20(27(6-2)7-3)21-14-11-15-30-21/h8-15,18,20,22H,5-7,16-17H2,1-4H3,(H,25,28)(H,26,29)/t18-,20?,22-/m0/s1. The second kappa shape index (κ2) is 12.8. The molecule has 3 atom stereocenters. The number of nitrogens with zero attached hydrogens (tertiary/aromatic N) is 1. The molecule has 1 aromatic carbocycles. The number of hydrogen-bond donors (Lipinski definition) is 2. The predicted octanol–water partition coefficient (Wildman–Crippen LogP) is 4.12. The first kappa shape index (κ1) is 24.5. The molecule has 0 aliphatic carbocycles. The van der Waals surface area contributed by atoms with E-state index < -0.39 is 12.1 Å². The van der Waals surface area contributed by atoms with E-state index in [1.165, 1.54) is 0 Å². The lowest BCUT2D eigenvalue weighted by Gasteiger charge is -2.29. The summed E-state index contributed by atoms with van der Waals surface area (Å²) in [4.78, 5) is 27.6. The molecule has 2 aromatic rings. The molecule has 0 fully saturated rings. The Kier molecular flexibility index (Phi) is 10.1. The van der Waals surface area contributed by atoms with Crippen molar-refractivity contribution < 1.29 is 18.7 Å². The molecule has 7 heteroatoms. The molecule has 7 nitrogen and oxygen atoms in total. The van der Waals surface area contributed by atoms with Crippen molar-refractivity contribution >= 4 is 12.0 Å². The third-order valence-corrected chi connectivity index (χ3v) is 5.58. The zero-order chi connectivity index (χ0) is 22.6. The molecule has 2 N–H and O–H groups in total. The molecule has 1 unspecified atom stereocenters. The van der Waals surface area contributed by atoms with Crippen LogP contribution in [0, 0.1) is 5.92 Å². The van der Waals surface area contributed by atoms with Gasteiger partial charge < -0.3 is 19.8 Å². The summed E-state index contributed by atoms with van der Waals surface area (Å²) in [7, 11) is 0. The van der Waals surface area contributed by atoms with Gasteiger partial charge in [-0.1, -0.05) is 64.4 Å². The van der Waals surface area contributed by atoms with Gasteiger partial charge in [-0.05, 0) is 36.7 Å². The van der Waals surface area contributed by atoms with Crippen LogP contribution in [0.25, 0.3) is 0 Å². The Morgan fingerprint density at radius 3 is 2.35 bits per heavy atom. The Morgan fingerprint density at radius 1 is 1.06 bits per heavy atom. The molecule has 0 saturated heterocycles. The summed E-state index contributed by atoms with van der Waals surface area (Å²) >= 11 is 0. The van der Waals surface area contributed by atoms with Crippen molar-refractivity contribution in [3.05, 3.63) is 60.1 Å². The zero-order valence-electron chi connectivity index (χ0n) is 19.0. The van der Waals surface area contributed by atoms with E-state index in [-0.39, 0.29) is 24.5 Å². The van der Waals surface area contributed by atoms with E-state index in [1.54, 1.807) is 6.26 Å². The number of carbonyl (C=O) groups excluding carboxylic acids is 2. The summed E-state index contributed by atoms with van der Waals surface area (Å²) in [5.74, 6) is 0.536. The number of amides is 2. The number of ether oxygens (including phenoxy) is 1. The third kappa shape index (κ3) is 7.43. The number of benzene rings is 1. The van der Waals surface area contributed by atoms with Crippen molar-refractivity contribution in [2.45, 2.75) is 52.8 Å². The van der Waals surface area contributed by atoms with Crippen molar-refractivity contribution in [3.63, 3.8) is 0 Å². The number of likely N-dealkylation sites (N-methyl/N-ethyl adjacent to an activating group) is 1. The van der Waals surface area contributed by atoms with E-state index in [0.29, 0.717) is 6.54 Å². The van der Waals surface area contributed by atoms with Crippen LogP contribution in [0.5, 0.6) is 0 Å². The molecule has 1 aromatic heterocycles. The van der Waals surface area contributed by atoms with Gasteiger partial charge in [-0.2, -0.15) is 0 Å². The number of hydrogen-bond acceptors (Lipinski definition) is 5. The van der Waals surface area contributed by atoms with Crippen LogP contribution < -0.4 is 10.6 Å². The van der Waals surface area contributed by atoms with Gasteiger partial charge >= 0.3 is 6.09 Å². The summed E-state index contributed by atoms with van der Waals surface area (Å²) in [5.41, 5.74) is 0.891. The van der Waals surface area contributed by atoms with Crippen molar-refractivity contribution in [3.8, 4) is 0 Å². The van der Waals surface area contributed by atoms with E-state index in [1.807, 2.05) is 56.3 Å². The Balaban J connectivity index is 1.98. The number of nitrogens with one attached hydrogen (secondary N) is 2. The van der Waals surface area contributed by atoms with E-state index in [0.717, 1.165) is 30.8 Å². The normalized spacial score (nSPS) is 14.0. The Morgan fingerprint density at radius 2 is 1.77 bits per heavy atom. The van der Waals surface area contributed by atoms with Gasteiger partial charge in [0.15, 0.2) is 0 Å². The van der Waals surface area contributed by atoms with Crippen LogP contribution in [0.1, 0.15) is 51.5 Å². The number of rotatable bonds is 12. The van der Waals surface area contributed by atoms with Gasteiger partial charge in [-0.3, -0.25) is 9.69 Å². The van der Waals surface area contributed by atoms with Crippen LogP contribution in [0.15, 0.2) is 53.1 Å². The first-order valence-corrected chi connectivity index (χ1v) is 11.0. The highest BCUT2D eigenvalue weighted by molar-refractivity contribution is 5.85. The molecule has 0 aliphatic rings. The Labute approximate surface area is 185 Å². The van der Waals surface area contributed by atoms with Gasteiger partial charge in [0.25, 0.3) is 0 Å². The second-order valence-electron chi connectivity index (χ2n) is 7.57. The maximum Gasteiger partial charge on any atom is 0.408 e. The van der Waals surface area contributed by atoms with Crippen LogP contribution in [0.4, 0.5) is 4.79 Å². The summed E-state index contributed by atoms with van der Waals surface area (Å²) in [6, 6.07) is 12.5. The molecular weight excluding hydrogens is 394 g/mol. The van der Waals surface area contributed by atoms with E-state index in [4.69, 9.17) is 9.15 Å². The largest absolute Gasteiger partial charge is 0.468 e. The smallest absolute Gasteiger partial charge is 0.408 e. The first-order chi connectivity index (χ1) is 15.0. The van der Waals surface area contributed by atoms with E-state index in [9.17, 15) is 9.59 Å². The number of alkyl carbamates (subject to hydrolysis) is 1. The highest BCUT2D eigenvalue weighted by Gasteiger charge is 2.28. The van der Waals surface area contributed by atoms with Crippen LogP contribution >= 0.6 is 0 Å². The molecule has 170 valence electrons. The van der Waals surface area contributed by atoms with Crippen LogP contribution in [0.3, 0.4) is 0 Å². The molecule has 0 radical (unpaired) electrons. The first-order valence-electron chi connectivity index (χ1n) is 11.0. The summed E-state index contributed by atoms with van der Waals surface area (Å²) in [6.45, 7) is 10.3. The SMILES string of the molecule is CC[C@H](C)[C@H](NC(=O)OCc1ccccc1)C(=O)NCC(c1ccco1)N(CC)CC. The fraction of sp³-hybridized carbons (Fsp3) is 0.500. The van der Waals surface area contributed by atoms with E-state index in [2.05, 4.69) is 29.4 Å². The van der Waals surface area contributed by atoms with Gasteiger partial charge in [0.05, 0.1) is 12.3 Å². The fourth-order valence-corrected chi connectivity index (χ4v) is 3.46. The Bertz CT molecular complexity index is 775. The average molecular weight is 430 g/mol. The van der Waals surface area contributed by atoms with Gasteiger partial charge in [-0.15, -0.1) is 0 Å². The maximum absolute atomic E-state index is 13.0. The van der Waals surface area contributed by atoms with Crippen molar-refractivity contribution in [2.75, 3.05) is 19.6 Å². The summed E-state index contributed by atoms with van der Waals surface area (Å²) in [5, 5.41) is 5.75. The highest BCUT2D eigenvalue weighted by Crippen LogP contribution is 2.20. The molecule has 31 heavy (non-hydrogen) atoms. The lowest BCUT2D eigenvalue weighted by Crippen LogP contribution is -2.51. The van der Waals surface area contributed by atoms with Gasteiger partial charge in [0, 0.05) is 6.54 Å². The van der Waals surface area contributed by atoms with Crippen LogP contribution in [-0.4, -0.2) is 42.6 Å². The quantitative estimate of drug-likeness (QED) is 0.530. The maximum atomic E-state index is 13.0. The van der Waals surface area contributed by atoms with Crippen LogP contribution in [-0.2, 0) is 16.1 Å². The monoisotopic (exact) mass is 429 g/mol. The van der Waals surface area contributed by atoms with Crippen molar-refractivity contribution in [2.24, 2.45) is 5.92 Å². The summed E-state index contributed by atoms with van der Waals surface area (Å²) < 4.78 is 10.9. The fourth-order valence-electron chi connectivity index (χ4n) is 3.46. The van der Waals surface area contributed by atoms with Crippen molar-refractivity contribution in [1.29, 1.82) is 0 Å². The van der Waals surface area contributed by atoms with Gasteiger partial charge in [-0.25, -0.2) is 4.79 Å². The lowest BCUT2D eigenvalue weighted by molar-refractivity contribution is -0.124. The number of furan rings is 1. The minimum absolute atomic E-state index is 0.0419. The molecule has 2 amide bonds. The minimum atomic E-state index is -0.678.